The van der Waals surface area contributed by atoms with Crippen molar-refractivity contribution in [3.63, 3.8) is 0 Å². The van der Waals surface area contributed by atoms with Gasteiger partial charge in [-0.1, -0.05) is 43.6 Å². The fourth-order valence-electron chi connectivity index (χ4n) is 3.04. The number of nitrogen functional groups attached to an aromatic ring is 1. The molecule has 3 N–H and O–H groups in total. The van der Waals surface area contributed by atoms with E-state index >= 15 is 0 Å². The first-order valence-corrected chi connectivity index (χ1v) is 9.62. The number of nitrogens with one attached hydrogen (secondary N) is 1. The molecule has 0 saturated heterocycles. The van der Waals surface area contributed by atoms with E-state index in [1.165, 1.54) is 16.8 Å². The van der Waals surface area contributed by atoms with Crippen LogP contribution in [0.2, 0.25) is 5.02 Å². The summed E-state index contributed by atoms with van der Waals surface area (Å²) >= 11 is 6.19. The Morgan fingerprint density at radius 3 is 2.66 bits per heavy atom. The fraction of sp³-hybridized carbons (Fsp3) is 0.190. The molecular formula is C21H20ClFN6. The molecule has 0 aliphatic carbocycles. The zero-order valence-electron chi connectivity index (χ0n) is 16.0. The second-order valence-electron chi connectivity index (χ2n) is 7.16. The first-order valence-electron chi connectivity index (χ1n) is 9.24. The zero-order valence-corrected chi connectivity index (χ0v) is 16.8. The number of aromatic nitrogens is 4. The topological polar surface area (TPSA) is 81.6 Å². The highest BCUT2D eigenvalue weighted by Gasteiger charge is 2.19. The van der Waals surface area contributed by atoms with Gasteiger partial charge in [-0.2, -0.15) is 4.98 Å². The Hall–Kier alpha value is -3.19. The van der Waals surface area contributed by atoms with Gasteiger partial charge in [-0.3, -0.25) is 0 Å². The summed E-state index contributed by atoms with van der Waals surface area (Å²) in [5.74, 6) is 0.821. The summed E-state index contributed by atoms with van der Waals surface area (Å²) in [6.45, 7) is 4.90. The van der Waals surface area contributed by atoms with E-state index in [9.17, 15) is 4.39 Å². The van der Waals surface area contributed by atoms with Crippen LogP contribution in [0.5, 0.6) is 0 Å². The van der Waals surface area contributed by atoms with E-state index in [4.69, 9.17) is 17.3 Å². The van der Waals surface area contributed by atoms with Crippen molar-refractivity contribution in [2.45, 2.75) is 13.8 Å². The maximum Gasteiger partial charge on any atom is 0.225 e. The van der Waals surface area contributed by atoms with Crippen LogP contribution in [-0.4, -0.2) is 26.3 Å². The van der Waals surface area contributed by atoms with Gasteiger partial charge in [0.15, 0.2) is 5.65 Å². The second kappa shape index (κ2) is 7.67. The van der Waals surface area contributed by atoms with Gasteiger partial charge in [-0.15, -0.1) is 5.10 Å². The lowest BCUT2D eigenvalue weighted by Crippen LogP contribution is -2.11. The van der Waals surface area contributed by atoms with Gasteiger partial charge in [0.2, 0.25) is 5.95 Å². The molecule has 0 saturated carbocycles. The molecule has 0 atom stereocenters. The minimum absolute atomic E-state index is 0.330. The molecule has 0 bridgehead atoms. The molecule has 0 spiro atoms. The maximum absolute atomic E-state index is 13.7. The molecule has 0 fully saturated rings. The van der Waals surface area contributed by atoms with E-state index in [1.54, 1.807) is 18.2 Å². The molecule has 29 heavy (non-hydrogen) atoms. The van der Waals surface area contributed by atoms with Crippen molar-refractivity contribution in [3.8, 4) is 16.9 Å². The lowest BCUT2D eigenvalue weighted by atomic mass is 10.1. The molecule has 8 heteroatoms. The number of rotatable bonds is 5. The molecule has 2 aromatic heterocycles. The molecule has 4 aromatic rings. The lowest BCUT2D eigenvalue weighted by Gasteiger charge is -2.10. The number of nitrogens with two attached hydrogens (primary N) is 1. The van der Waals surface area contributed by atoms with Gasteiger partial charge in [-0.25, -0.2) is 14.1 Å². The van der Waals surface area contributed by atoms with Crippen LogP contribution in [0.3, 0.4) is 0 Å². The van der Waals surface area contributed by atoms with Crippen molar-refractivity contribution < 1.29 is 4.39 Å². The molecule has 0 radical (unpaired) electrons. The Kier molecular flexibility index (Phi) is 5.07. The van der Waals surface area contributed by atoms with Crippen LogP contribution in [0.15, 0.2) is 48.5 Å². The Morgan fingerprint density at radius 2 is 1.93 bits per heavy atom. The maximum atomic E-state index is 13.7. The Morgan fingerprint density at radius 1 is 1.14 bits per heavy atom. The smallest absolute Gasteiger partial charge is 0.225 e. The SMILES string of the molecule is CC(C)CNc1nc(-c2cccc(Cl)c2)c2c(N)n(-c3cccc(F)c3)nc2n1. The Balaban J connectivity index is 1.95. The standard InChI is InChI=1S/C21H20ClFN6/c1-12(2)11-25-21-26-18(13-5-3-6-14(22)9-13)17-19(24)29(28-20(17)27-21)16-8-4-7-15(23)10-16/h3-10,12H,11,24H2,1-2H3,(H,25,27,28). The van der Waals surface area contributed by atoms with Gasteiger partial charge in [0.25, 0.3) is 0 Å². The van der Waals surface area contributed by atoms with Crippen LogP contribution >= 0.6 is 11.6 Å². The van der Waals surface area contributed by atoms with Crippen molar-refractivity contribution in [2.75, 3.05) is 17.6 Å². The summed E-state index contributed by atoms with van der Waals surface area (Å²) in [5, 5.41) is 8.93. The van der Waals surface area contributed by atoms with Gasteiger partial charge < -0.3 is 11.1 Å². The molecule has 6 nitrogen and oxygen atoms in total. The lowest BCUT2D eigenvalue weighted by molar-refractivity contribution is 0.625. The van der Waals surface area contributed by atoms with E-state index in [0.717, 1.165) is 5.56 Å². The number of benzene rings is 2. The normalized spacial score (nSPS) is 11.3. The van der Waals surface area contributed by atoms with Crippen molar-refractivity contribution in [2.24, 2.45) is 5.92 Å². The van der Waals surface area contributed by atoms with E-state index in [0.29, 0.717) is 51.7 Å². The van der Waals surface area contributed by atoms with Gasteiger partial charge in [0, 0.05) is 17.1 Å². The summed E-state index contributed by atoms with van der Waals surface area (Å²) in [6, 6.07) is 13.4. The number of hydrogen-bond donors (Lipinski definition) is 2. The van der Waals surface area contributed by atoms with Crippen LogP contribution in [0.25, 0.3) is 28.0 Å². The monoisotopic (exact) mass is 410 g/mol. The molecule has 2 heterocycles. The molecule has 4 rings (SSSR count). The van der Waals surface area contributed by atoms with Crippen molar-refractivity contribution in [3.05, 3.63) is 59.4 Å². The molecule has 2 aromatic carbocycles. The summed E-state index contributed by atoms with van der Waals surface area (Å²) in [5.41, 5.74) is 8.75. The molecule has 0 unspecified atom stereocenters. The molecule has 0 amide bonds. The summed E-state index contributed by atoms with van der Waals surface area (Å²) in [4.78, 5) is 9.21. The van der Waals surface area contributed by atoms with E-state index < -0.39 is 0 Å². The third kappa shape index (κ3) is 3.86. The first kappa shape index (κ1) is 19.1. The quantitative estimate of drug-likeness (QED) is 0.487. The third-order valence-electron chi connectivity index (χ3n) is 4.39. The largest absolute Gasteiger partial charge is 0.383 e. The molecule has 0 aliphatic heterocycles. The van der Waals surface area contributed by atoms with E-state index in [-0.39, 0.29) is 5.82 Å². The van der Waals surface area contributed by atoms with Crippen molar-refractivity contribution >= 4 is 34.4 Å². The van der Waals surface area contributed by atoms with Crippen molar-refractivity contribution in [1.82, 2.24) is 19.7 Å². The average Bonchev–Trinajstić information content (AvgIpc) is 3.02. The summed E-state index contributed by atoms with van der Waals surface area (Å²) in [6.07, 6.45) is 0. The van der Waals surface area contributed by atoms with Crippen LogP contribution in [0, 0.1) is 11.7 Å². The van der Waals surface area contributed by atoms with Crippen LogP contribution in [0.1, 0.15) is 13.8 Å². The van der Waals surface area contributed by atoms with E-state index in [2.05, 4.69) is 34.2 Å². The first-order chi connectivity index (χ1) is 13.9. The number of fused-ring (bicyclic) bond motifs is 1. The fourth-order valence-corrected chi connectivity index (χ4v) is 3.23. The Labute approximate surface area is 172 Å². The van der Waals surface area contributed by atoms with E-state index in [1.807, 2.05) is 18.2 Å². The van der Waals surface area contributed by atoms with Crippen molar-refractivity contribution in [1.29, 1.82) is 0 Å². The van der Waals surface area contributed by atoms with Gasteiger partial charge >= 0.3 is 0 Å². The van der Waals surface area contributed by atoms with Gasteiger partial charge in [0.1, 0.15) is 11.6 Å². The van der Waals surface area contributed by atoms with Crippen LogP contribution < -0.4 is 11.1 Å². The minimum Gasteiger partial charge on any atom is -0.383 e. The highest BCUT2D eigenvalue weighted by molar-refractivity contribution is 6.30. The third-order valence-corrected chi connectivity index (χ3v) is 4.62. The molecule has 0 aliphatic rings. The molecular weight excluding hydrogens is 391 g/mol. The van der Waals surface area contributed by atoms with Crippen LogP contribution in [-0.2, 0) is 0 Å². The van der Waals surface area contributed by atoms with Gasteiger partial charge in [0.05, 0.1) is 16.8 Å². The molecule has 148 valence electrons. The number of halogens is 2. The average molecular weight is 411 g/mol. The zero-order chi connectivity index (χ0) is 20.5. The Bertz CT molecular complexity index is 1190. The minimum atomic E-state index is -0.373. The van der Waals surface area contributed by atoms with Crippen LogP contribution in [0.4, 0.5) is 16.2 Å². The number of nitrogens with zero attached hydrogens (tertiary/aromatic N) is 4. The number of anilines is 2. The highest BCUT2D eigenvalue weighted by atomic mass is 35.5. The number of hydrogen-bond acceptors (Lipinski definition) is 5. The van der Waals surface area contributed by atoms with Gasteiger partial charge in [-0.05, 0) is 36.2 Å². The highest BCUT2D eigenvalue weighted by Crippen LogP contribution is 2.33. The second-order valence-corrected chi connectivity index (χ2v) is 7.59. The predicted octanol–water partition coefficient (Wildman–Crippen LogP) is 4.93. The summed E-state index contributed by atoms with van der Waals surface area (Å²) < 4.78 is 15.2. The predicted molar refractivity (Wildman–Crippen MR) is 115 cm³/mol. The summed E-state index contributed by atoms with van der Waals surface area (Å²) in [7, 11) is 0.